The van der Waals surface area contributed by atoms with Gasteiger partial charge >= 0.3 is 0 Å². The molecular formula is C25H48N4O3. The number of piperidine rings is 1. The van der Waals surface area contributed by atoms with Crippen LogP contribution < -0.4 is 5.32 Å². The second-order valence-electron chi connectivity index (χ2n) is 11.2. The fraction of sp³-hybridized carbons (Fsp3) is 0.920. The van der Waals surface area contributed by atoms with Crippen molar-refractivity contribution < 1.29 is 14.3 Å². The van der Waals surface area contributed by atoms with Gasteiger partial charge < -0.3 is 24.8 Å². The van der Waals surface area contributed by atoms with Gasteiger partial charge in [0.2, 0.25) is 11.8 Å². The quantitative estimate of drug-likeness (QED) is 0.695. The van der Waals surface area contributed by atoms with E-state index in [-0.39, 0.29) is 30.0 Å². The highest BCUT2D eigenvalue weighted by Gasteiger charge is 2.42. The van der Waals surface area contributed by atoms with Crippen LogP contribution in [-0.2, 0) is 14.3 Å². The molecule has 0 aromatic rings. The second kappa shape index (κ2) is 12.3. The summed E-state index contributed by atoms with van der Waals surface area (Å²) in [6.45, 7) is 14.6. The fourth-order valence-electron chi connectivity index (χ4n) is 4.82. The summed E-state index contributed by atoms with van der Waals surface area (Å²) in [7, 11) is 4.28. The van der Waals surface area contributed by atoms with Crippen molar-refractivity contribution in [2.45, 2.75) is 84.4 Å². The lowest BCUT2D eigenvalue weighted by molar-refractivity contribution is -0.152. The molecule has 0 aromatic carbocycles. The van der Waals surface area contributed by atoms with Gasteiger partial charge in [-0.3, -0.25) is 9.59 Å². The Morgan fingerprint density at radius 2 is 1.78 bits per heavy atom. The molecule has 2 amide bonds. The van der Waals surface area contributed by atoms with Gasteiger partial charge in [0.05, 0.1) is 18.2 Å². The molecule has 32 heavy (non-hydrogen) atoms. The molecule has 3 aliphatic heterocycles. The predicted octanol–water partition coefficient (Wildman–Crippen LogP) is 2.60. The van der Waals surface area contributed by atoms with Crippen LogP contribution in [-0.4, -0.2) is 97.6 Å². The highest BCUT2D eigenvalue weighted by Crippen LogP contribution is 2.36. The van der Waals surface area contributed by atoms with E-state index < -0.39 is 0 Å². The molecule has 7 nitrogen and oxygen atoms in total. The lowest BCUT2D eigenvalue weighted by atomic mass is 9.82. The molecule has 3 fully saturated rings. The number of hydrogen-bond acceptors (Lipinski definition) is 5. The Kier molecular flexibility index (Phi) is 10.4. The number of piperazine rings is 1. The number of nitrogens with one attached hydrogen (secondary N) is 1. The first-order chi connectivity index (χ1) is 15.0. The molecule has 1 N–H and O–H groups in total. The van der Waals surface area contributed by atoms with Gasteiger partial charge in [0.1, 0.15) is 0 Å². The van der Waals surface area contributed by atoms with Crippen LogP contribution in [0.2, 0.25) is 0 Å². The number of carbonyl (C=O) groups excluding carboxylic acids is 2. The van der Waals surface area contributed by atoms with Crippen LogP contribution in [0.15, 0.2) is 0 Å². The first-order valence-electron chi connectivity index (χ1n) is 12.6. The minimum Gasteiger partial charge on any atom is -0.375 e. The average Bonchev–Trinajstić information content (AvgIpc) is 2.71. The minimum atomic E-state index is -0.148. The maximum Gasteiger partial charge on any atom is 0.242 e. The standard InChI is InChI=1S/C21H38N4O3.C4H10/c1-16(2)13-18-20(27)25(11-8-22-18)15-19(26)24-9-6-21(7-10-24)14-17(23(3)4)5-12-28-21;1-4(2)3/h16-18,22H,5-15H2,1-4H3;4H,1-3H3. The van der Waals surface area contributed by atoms with Crippen molar-refractivity contribution in [3.8, 4) is 0 Å². The average molecular weight is 453 g/mol. The summed E-state index contributed by atoms with van der Waals surface area (Å²) < 4.78 is 6.20. The summed E-state index contributed by atoms with van der Waals surface area (Å²) in [6, 6.07) is 0.414. The number of likely N-dealkylation sites (tertiary alicyclic amines) is 1. The van der Waals surface area contributed by atoms with Crippen LogP contribution >= 0.6 is 0 Å². The molecule has 3 saturated heterocycles. The van der Waals surface area contributed by atoms with Crippen LogP contribution in [0.1, 0.15) is 66.7 Å². The van der Waals surface area contributed by atoms with Crippen molar-refractivity contribution in [1.29, 1.82) is 0 Å². The molecule has 7 heteroatoms. The van der Waals surface area contributed by atoms with Crippen molar-refractivity contribution in [1.82, 2.24) is 20.0 Å². The largest absolute Gasteiger partial charge is 0.375 e. The zero-order chi connectivity index (χ0) is 23.9. The van der Waals surface area contributed by atoms with Crippen molar-refractivity contribution in [3.05, 3.63) is 0 Å². The van der Waals surface area contributed by atoms with Crippen molar-refractivity contribution in [2.75, 3.05) is 53.4 Å². The van der Waals surface area contributed by atoms with E-state index in [1.165, 1.54) is 0 Å². The molecule has 0 aliphatic carbocycles. The molecule has 3 heterocycles. The van der Waals surface area contributed by atoms with E-state index in [2.05, 4.69) is 58.9 Å². The van der Waals surface area contributed by atoms with Gasteiger partial charge in [-0.05, 0) is 58.0 Å². The number of ether oxygens (including phenoxy) is 1. The molecule has 2 atom stereocenters. The lowest BCUT2D eigenvalue weighted by Gasteiger charge is -2.47. The monoisotopic (exact) mass is 452 g/mol. The molecular weight excluding hydrogens is 404 g/mol. The molecule has 2 unspecified atom stereocenters. The smallest absolute Gasteiger partial charge is 0.242 e. The van der Waals surface area contributed by atoms with E-state index in [0.29, 0.717) is 18.5 Å². The number of rotatable bonds is 5. The van der Waals surface area contributed by atoms with Crippen LogP contribution in [0, 0.1) is 11.8 Å². The highest BCUT2D eigenvalue weighted by molar-refractivity contribution is 5.88. The van der Waals surface area contributed by atoms with Gasteiger partial charge in [-0.15, -0.1) is 0 Å². The zero-order valence-corrected chi connectivity index (χ0v) is 21.7. The topological polar surface area (TPSA) is 65.1 Å². The summed E-state index contributed by atoms with van der Waals surface area (Å²) in [6.07, 6.45) is 4.75. The first kappa shape index (κ1) is 27.1. The Bertz CT molecular complexity index is 597. The Morgan fingerprint density at radius 1 is 1.16 bits per heavy atom. The predicted molar refractivity (Wildman–Crippen MR) is 130 cm³/mol. The Hall–Kier alpha value is -1.18. The van der Waals surface area contributed by atoms with E-state index in [9.17, 15) is 9.59 Å². The van der Waals surface area contributed by atoms with Crippen LogP contribution in [0.25, 0.3) is 0 Å². The van der Waals surface area contributed by atoms with E-state index in [0.717, 1.165) is 64.3 Å². The molecule has 0 aromatic heterocycles. The normalized spacial score (nSPS) is 26.0. The van der Waals surface area contributed by atoms with E-state index in [1.807, 2.05) is 4.90 Å². The maximum atomic E-state index is 12.8. The number of amides is 2. The maximum absolute atomic E-state index is 12.8. The third-order valence-corrected chi connectivity index (χ3v) is 6.64. The molecule has 0 radical (unpaired) electrons. The number of nitrogens with zero attached hydrogens (tertiary/aromatic N) is 3. The Morgan fingerprint density at radius 3 is 2.34 bits per heavy atom. The van der Waals surface area contributed by atoms with Gasteiger partial charge in [0, 0.05) is 38.8 Å². The molecule has 3 aliphatic rings. The number of carbonyl (C=O) groups is 2. The Balaban J connectivity index is 0.000000837. The van der Waals surface area contributed by atoms with Crippen LogP contribution in [0.3, 0.4) is 0 Å². The van der Waals surface area contributed by atoms with E-state index in [1.54, 1.807) is 4.90 Å². The second-order valence-corrected chi connectivity index (χ2v) is 11.2. The third kappa shape index (κ3) is 7.99. The van der Waals surface area contributed by atoms with Gasteiger partial charge in [0.15, 0.2) is 0 Å². The molecule has 0 bridgehead atoms. The zero-order valence-electron chi connectivity index (χ0n) is 21.7. The Labute approximate surface area is 196 Å². The highest BCUT2D eigenvalue weighted by atomic mass is 16.5. The van der Waals surface area contributed by atoms with Crippen LogP contribution in [0.4, 0.5) is 0 Å². The summed E-state index contributed by atoms with van der Waals surface area (Å²) in [5.74, 6) is 1.44. The van der Waals surface area contributed by atoms with E-state index in [4.69, 9.17) is 4.74 Å². The third-order valence-electron chi connectivity index (χ3n) is 6.64. The van der Waals surface area contributed by atoms with Crippen molar-refractivity contribution in [2.24, 2.45) is 11.8 Å². The minimum absolute atomic E-state index is 0.0722. The van der Waals surface area contributed by atoms with Gasteiger partial charge in [-0.2, -0.15) is 0 Å². The van der Waals surface area contributed by atoms with Gasteiger partial charge in [0.25, 0.3) is 0 Å². The number of hydrogen-bond donors (Lipinski definition) is 1. The molecule has 3 rings (SSSR count). The summed E-state index contributed by atoms with van der Waals surface area (Å²) >= 11 is 0. The van der Waals surface area contributed by atoms with Gasteiger partial charge in [-0.25, -0.2) is 0 Å². The van der Waals surface area contributed by atoms with Gasteiger partial charge in [-0.1, -0.05) is 34.6 Å². The van der Waals surface area contributed by atoms with Crippen molar-refractivity contribution >= 4 is 11.8 Å². The molecule has 186 valence electrons. The van der Waals surface area contributed by atoms with Crippen molar-refractivity contribution in [3.63, 3.8) is 0 Å². The first-order valence-corrected chi connectivity index (χ1v) is 12.6. The lowest BCUT2D eigenvalue weighted by Crippen LogP contribution is -2.59. The fourth-order valence-corrected chi connectivity index (χ4v) is 4.82. The van der Waals surface area contributed by atoms with Crippen LogP contribution in [0.5, 0.6) is 0 Å². The SMILES string of the molecule is CC(C)C.CC(C)CC1NCCN(CC(=O)N2CCC3(CC2)CC(N(C)C)CCO3)C1=O. The molecule has 1 spiro atoms. The van der Waals surface area contributed by atoms with E-state index >= 15 is 0 Å². The summed E-state index contributed by atoms with van der Waals surface area (Å²) in [5, 5.41) is 3.30. The molecule has 0 saturated carbocycles. The summed E-state index contributed by atoms with van der Waals surface area (Å²) in [4.78, 5) is 31.5. The summed E-state index contributed by atoms with van der Waals surface area (Å²) in [5.41, 5.74) is -0.0722.